The molecule has 0 unspecified atom stereocenters. The first-order valence-corrected chi connectivity index (χ1v) is 5.93. The Morgan fingerprint density at radius 3 is 2.17 bits per heavy atom. The van der Waals surface area contributed by atoms with Crippen molar-refractivity contribution in [2.24, 2.45) is 5.73 Å². The smallest absolute Gasteiger partial charge is 0.335 e. The van der Waals surface area contributed by atoms with Crippen molar-refractivity contribution in [3.05, 3.63) is 34.9 Å². The molecule has 5 heteroatoms. The largest absolute Gasteiger partial charge is 0.478 e. The molecule has 3 N–H and O–H groups in total. The van der Waals surface area contributed by atoms with E-state index in [0.29, 0.717) is 12.8 Å². The van der Waals surface area contributed by atoms with Gasteiger partial charge in [-0.05, 0) is 25.0 Å². The highest BCUT2D eigenvalue weighted by molar-refractivity contribution is 5.87. The summed E-state index contributed by atoms with van der Waals surface area (Å²) >= 11 is 0. The standard InChI is InChI=1S/C13H15F2NO2/c14-9-5-8(12(17)18)6-10(15)11(9)13(7-16)3-1-2-4-13/h5-6H,1-4,7,16H2,(H,17,18). The first kappa shape index (κ1) is 13.0. The van der Waals surface area contributed by atoms with E-state index in [-0.39, 0.29) is 17.7 Å². The topological polar surface area (TPSA) is 63.3 Å². The monoisotopic (exact) mass is 255 g/mol. The van der Waals surface area contributed by atoms with E-state index in [1.165, 1.54) is 0 Å². The second kappa shape index (κ2) is 4.65. The molecule has 98 valence electrons. The minimum Gasteiger partial charge on any atom is -0.478 e. The molecule has 0 saturated heterocycles. The summed E-state index contributed by atoms with van der Waals surface area (Å²) in [7, 11) is 0. The zero-order chi connectivity index (χ0) is 13.3. The lowest BCUT2D eigenvalue weighted by Crippen LogP contribution is -2.34. The third kappa shape index (κ3) is 1.99. The molecule has 1 aromatic carbocycles. The predicted molar refractivity (Wildman–Crippen MR) is 62.5 cm³/mol. The molecule has 0 amide bonds. The molecule has 0 radical (unpaired) electrons. The number of rotatable bonds is 3. The molecule has 0 spiro atoms. The van der Waals surface area contributed by atoms with Gasteiger partial charge in [-0.2, -0.15) is 0 Å². The summed E-state index contributed by atoms with van der Waals surface area (Å²) in [6.45, 7) is 0.174. The van der Waals surface area contributed by atoms with Crippen molar-refractivity contribution in [1.82, 2.24) is 0 Å². The average Bonchev–Trinajstić information content (AvgIpc) is 2.77. The second-order valence-electron chi connectivity index (χ2n) is 4.81. The van der Waals surface area contributed by atoms with Gasteiger partial charge in [0.15, 0.2) is 0 Å². The molecule has 18 heavy (non-hydrogen) atoms. The summed E-state index contributed by atoms with van der Waals surface area (Å²) in [6.07, 6.45) is 3.06. The van der Waals surface area contributed by atoms with Crippen molar-refractivity contribution in [3.63, 3.8) is 0 Å². The van der Waals surface area contributed by atoms with Crippen LogP contribution in [0.5, 0.6) is 0 Å². The zero-order valence-corrected chi connectivity index (χ0v) is 9.88. The molecular formula is C13H15F2NO2. The minimum atomic E-state index is -1.34. The van der Waals surface area contributed by atoms with Gasteiger partial charge in [0.25, 0.3) is 0 Å². The molecule has 0 heterocycles. The summed E-state index contributed by atoms with van der Waals surface area (Å²) < 4.78 is 28.0. The lowest BCUT2D eigenvalue weighted by Gasteiger charge is -2.28. The number of nitrogens with two attached hydrogens (primary N) is 1. The molecular weight excluding hydrogens is 240 g/mol. The number of aromatic carboxylic acids is 1. The third-order valence-electron chi connectivity index (χ3n) is 3.77. The molecule has 2 rings (SSSR count). The fourth-order valence-electron chi connectivity index (χ4n) is 2.81. The number of carboxylic acid groups (broad SMARTS) is 1. The van der Waals surface area contributed by atoms with Gasteiger partial charge in [-0.1, -0.05) is 12.8 Å². The maximum atomic E-state index is 14.0. The molecule has 0 atom stereocenters. The van der Waals surface area contributed by atoms with Crippen LogP contribution in [0.1, 0.15) is 41.6 Å². The maximum absolute atomic E-state index is 14.0. The first-order chi connectivity index (χ1) is 8.50. The van der Waals surface area contributed by atoms with Crippen LogP contribution in [0.25, 0.3) is 0 Å². The van der Waals surface area contributed by atoms with E-state index in [2.05, 4.69) is 0 Å². The number of hydrogen-bond donors (Lipinski definition) is 2. The van der Waals surface area contributed by atoms with Crippen LogP contribution in [-0.4, -0.2) is 17.6 Å². The lowest BCUT2D eigenvalue weighted by molar-refractivity contribution is 0.0695. The SMILES string of the molecule is NCC1(c2c(F)cc(C(=O)O)cc2F)CCCC1. The Balaban J connectivity index is 2.54. The van der Waals surface area contributed by atoms with E-state index in [4.69, 9.17) is 10.8 Å². The second-order valence-corrected chi connectivity index (χ2v) is 4.81. The zero-order valence-electron chi connectivity index (χ0n) is 9.88. The number of carboxylic acids is 1. The first-order valence-electron chi connectivity index (χ1n) is 5.93. The number of halogens is 2. The molecule has 0 aromatic heterocycles. The van der Waals surface area contributed by atoms with Gasteiger partial charge in [0.2, 0.25) is 0 Å². The quantitative estimate of drug-likeness (QED) is 0.871. The van der Waals surface area contributed by atoms with E-state index in [0.717, 1.165) is 25.0 Å². The Morgan fingerprint density at radius 1 is 1.28 bits per heavy atom. The van der Waals surface area contributed by atoms with Crippen LogP contribution in [-0.2, 0) is 5.41 Å². The summed E-state index contributed by atoms with van der Waals surface area (Å²) in [5.74, 6) is -2.95. The summed E-state index contributed by atoms with van der Waals surface area (Å²) in [6, 6.07) is 1.74. The molecule has 1 aromatic rings. The van der Waals surface area contributed by atoms with E-state index in [1.54, 1.807) is 0 Å². The highest BCUT2D eigenvalue weighted by Crippen LogP contribution is 2.42. The van der Waals surface area contributed by atoms with Crippen molar-refractivity contribution in [3.8, 4) is 0 Å². The van der Waals surface area contributed by atoms with Gasteiger partial charge in [0.1, 0.15) is 11.6 Å². The van der Waals surface area contributed by atoms with Crippen molar-refractivity contribution in [2.45, 2.75) is 31.1 Å². The normalized spacial score (nSPS) is 17.9. The van der Waals surface area contributed by atoms with E-state index >= 15 is 0 Å². The fourth-order valence-corrected chi connectivity index (χ4v) is 2.81. The molecule has 1 aliphatic rings. The fraction of sp³-hybridized carbons (Fsp3) is 0.462. The van der Waals surface area contributed by atoms with Crippen LogP contribution >= 0.6 is 0 Å². The molecule has 1 fully saturated rings. The van der Waals surface area contributed by atoms with Crippen LogP contribution in [0.4, 0.5) is 8.78 Å². The van der Waals surface area contributed by atoms with Crippen molar-refractivity contribution in [2.75, 3.05) is 6.54 Å². The molecule has 0 bridgehead atoms. The van der Waals surface area contributed by atoms with Gasteiger partial charge in [0.05, 0.1) is 5.56 Å². The lowest BCUT2D eigenvalue weighted by atomic mass is 9.78. The van der Waals surface area contributed by atoms with Crippen molar-refractivity contribution in [1.29, 1.82) is 0 Å². The molecule has 1 saturated carbocycles. The van der Waals surface area contributed by atoms with Crippen LogP contribution in [0.15, 0.2) is 12.1 Å². The van der Waals surface area contributed by atoms with Gasteiger partial charge in [0, 0.05) is 17.5 Å². The van der Waals surface area contributed by atoms with Crippen molar-refractivity contribution < 1.29 is 18.7 Å². The molecule has 0 aliphatic heterocycles. The highest BCUT2D eigenvalue weighted by Gasteiger charge is 2.39. The average molecular weight is 255 g/mol. The maximum Gasteiger partial charge on any atom is 0.335 e. The van der Waals surface area contributed by atoms with E-state index < -0.39 is 23.0 Å². The van der Waals surface area contributed by atoms with E-state index in [1.807, 2.05) is 0 Å². The Kier molecular flexibility index (Phi) is 3.34. The summed E-state index contributed by atoms with van der Waals surface area (Å²) in [4.78, 5) is 10.7. The van der Waals surface area contributed by atoms with Crippen LogP contribution < -0.4 is 5.73 Å². The van der Waals surface area contributed by atoms with Crippen LogP contribution in [0.2, 0.25) is 0 Å². The number of carbonyl (C=O) groups is 1. The Hall–Kier alpha value is -1.49. The number of benzene rings is 1. The Morgan fingerprint density at radius 2 is 1.78 bits per heavy atom. The van der Waals surface area contributed by atoms with Gasteiger partial charge >= 0.3 is 5.97 Å². The predicted octanol–water partition coefficient (Wildman–Crippen LogP) is 2.43. The minimum absolute atomic E-state index is 0.0486. The Bertz CT molecular complexity index is 459. The van der Waals surface area contributed by atoms with Crippen LogP contribution in [0, 0.1) is 11.6 Å². The number of hydrogen-bond acceptors (Lipinski definition) is 2. The summed E-state index contributed by atoms with van der Waals surface area (Å²) in [5, 5.41) is 8.75. The van der Waals surface area contributed by atoms with Gasteiger partial charge < -0.3 is 10.8 Å². The van der Waals surface area contributed by atoms with Gasteiger partial charge in [-0.15, -0.1) is 0 Å². The van der Waals surface area contributed by atoms with Crippen LogP contribution in [0.3, 0.4) is 0 Å². The molecule has 3 nitrogen and oxygen atoms in total. The highest BCUT2D eigenvalue weighted by atomic mass is 19.1. The third-order valence-corrected chi connectivity index (χ3v) is 3.77. The summed E-state index contributed by atoms with van der Waals surface area (Å²) in [5.41, 5.74) is 4.59. The van der Waals surface area contributed by atoms with E-state index in [9.17, 15) is 13.6 Å². The van der Waals surface area contributed by atoms with Gasteiger partial charge in [-0.3, -0.25) is 0 Å². The molecule has 1 aliphatic carbocycles. The Labute approximate surface area is 104 Å². The van der Waals surface area contributed by atoms with Gasteiger partial charge in [-0.25, -0.2) is 13.6 Å². The van der Waals surface area contributed by atoms with Crippen molar-refractivity contribution >= 4 is 5.97 Å².